The van der Waals surface area contributed by atoms with Crippen molar-refractivity contribution < 1.29 is 47.9 Å². The number of carbonyl (C=O) groups excluding carboxylic acids is 2. The Morgan fingerprint density at radius 1 is 0.688 bits per heavy atom. The van der Waals surface area contributed by atoms with Gasteiger partial charge in [-0.15, -0.1) is 0 Å². The van der Waals surface area contributed by atoms with Crippen molar-refractivity contribution in [2.45, 2.75) is 63.6 Å². The highest BCUT2D eigenvalue weighted by Gasteiger charge is 2.33. The normalized spacial score (nSPS) is 23.5. The Labute approximate surface area is 280 Å². The SMILES string of the molecule is CN(C)C(=O)OC1CC[N+](C)(CCCCCC[N+]2(C)CCC(OC(=O)N(C)C)CC2)CC1.O=[N+]([O-])c1cc([N+](=O)[O-])c([O-])c([N+](=O)[O-])c1. The first-order valence-electron chi connectivity index (χ1n) is 16.1. The Morgan fingerprint density at radius 3 is 1.29 bits per heavy atom. The van der Waals surface area contributed by atoms with E-state index in [1.807, 2.05) is 0 Å². The van der Waals surface area contributed by atoms with Crippen molar-refractivity contribution in [3.8, 4) is 5.75 Å². The second-order valence-electron chi connectivity index (χ2n) is 13.5. The average molecular weight is 685 g/mol. The largest absolute Gasteiger partial charge is 0.863 e. The van der Waals surface area contributed by atoms with Gasteiger partial charge in [0.1, 0.15) is 12.2 Å². The number of piperidine rings is 2. The van der Waals surface area contributed by atoms with Crippen molar-refractivity contribution in [2.75, 3.05) is 81.6 Å². The lowest BCUT2D eigenvalue weighted by Gasteiger charge is -2.41. The van der Waals surface area contributed by atoms with Crippen molar-refractivity contribution in [2.24, 2.45) is 0 Å². The van der Waals surface area contributed by atoms with Crippen LogP contribution in [0.2, 0.25) is 0 Å². The summed E-state index contributed by atoms with van der Waals surface area (Å²) in [5.74, 6) is -1.46. The predicted molar refractivity (Wildman–Crippen MR) is 172 cm³/mol. The fourth-order valence-electron chi connectivity index (χ4n) is 5.82. The van der Waals surface area contributed by atoms with Gasteiger partial charge >= 0.3 is 12.2 Å². The van der Waals surface area contributed by atoms with Crippen LogP contribution in [0.25, 0.3) is 0 Å². The van der Waals surface area contributed by atoms with Gasteiger partial charge < -0.3 is 33.3 Å². The molecule has 18 nitrogen and oxygen atoms in total. The number of quaternary nitrogens is 2. The van der Waals surface area contributed by atoms with E-state index in [-0.39, 0.29) is 24.4 Å². The molecule has 2 aliphatic heterocycles. The van der Waals surface area contributed by atoms with Gasteiger partial charge in [-0.05, 0) is 25.7 Å². The van der Waals surface area contributed by atoms with Crippen molar-refractivity contribution >= 4 is 29.2 Å². The van der Waals surface area contributed by atoms with E-state index in [9.17, 15) is 45.0 Å². The summed E-state index contributed by atoms with van der Waals surface area (Å²) < 4.78 is 13.3. The van der Waals surface area contributed by atoms with E-state index >= 15 is 0 Å². The van der Waals surface area contributed by atoms with Gasteiger partial charge in [0.05, 0.1) is 86.0 Å². The number of non-ortho nitro benzene ring substituents is 1. The maximum Gasteiger partial charge on any atom is 0.409 e. The smallest absolute Gasteiger partial charge is 0.409 e. The van der Waals surface area contributed by atoms with Crippen LogP contribution in [0, 0.1) is 30.3 Å². The van der Waals surface area contributed by atoms with Crippen molar-refractivity contribution in [1.29, 1.82) is 0 Å². The van der Waals surface area contributed by atoms with Crippen LogP contribution in [-0.4, -0.2) is 139 Å². The van der Waals surface area contributed by atoms with E-state index in [1.165, 1.54) is 48.6 Å². The van der Waals surface area contributed by atoms with E-state index in [0.29, 0.717) is 12.1 Å². The predicted octanol–water partition coefficient (Wildman–Crippen LogP) is 3.65. The first kappa shape index (κ1) is 39.9. The number of hydrogen-bond donors (Lipinski definition) is 0. The van der Waals surface area contributed by atoms with Crippen molar-refractivity contribution in [1.82, 2.24) is 9.80 Å². The van der Waals surface area contributed by atoms with Crippen LogP contribution in [0.5, 0.6) is 5.75 Å². The van der Waals surface area contributed by atoms with Crippen molar-refractivity contribution in [3.05, 3.63) is 42.5 Å². The summed E-state index contributed by atoms with van der Waals surface area (Å²) in [7, 11) is 11.6. The molecule has 0 saturated carbocycles. The van der Waals surface area contributed by atoms with Gasteiger partial charge in [0, 0.05) is 53.9 Å². The first-order chi connectivity index (χ1) is 22.4. The van der Waals surface area contributed by atoms with Crippen LogP contribution in [-0.2, 0) is 9.47 Å². The lowest BCUT2D eigenvalue weighted by atomic mass is 10.0. The van der Waals surface area contributed by atoms with Crippen LogP contribution >= 0.6 is 0 Å². The monoisotopic (exact) mass is 684 g/mol. The molecule has 1 aromatic carbocycles. The average Bonchev–Trinajstić information content (AvgIpc) is 3.01. The summed E-state index contributed by atoms with van der Waals surface area (Å²) in [5, 5.41) is 42.1. The quantitative estimate of drug-likeness (QED) is 0.134. The van der Waals surface area contributed by atoms with Crippen LogP contribution in [0.3, 0.4) is 0 Å². The van der Waals surface area contributed by atoms with Gasteiger partial charge in [-0.3, -0.25) is 30.3 Å². The summed E-state index contributed by atoms with van der Waals surface area (Å²) in [6, 6.07) is 0.769. The highest BCUT2D eigenvalue weighted by molar-refractivity contribution is 5.67. The molecule has 2 aliphatic rings. The van der Waals surface area contributed by atoms with Gasteiger partial charge in [-0.1, -0.05) is 0 Å². The summed E-state index contributed by atoms with van der Waals surface area (Å²) in [6.07, 6.45) is 8.71. The number of nitro benzene ring substituents is 3. The highest BCUT2D eigenvalue weighted by Crippen LogP contribution is 2.37. The molecule has 3 rings (SSSR count). The molecule has 0 bridgehead atoms. The minimum atomic E-state index is -1.46. The molecule has 2 fully saturated rings. The molecule has 2 amide bonds. The van der Waals surface area contributed by atoms with Gasteiger partial charge in [0.2, 0.25) is 0 Å². The second-order valence-corrected chi connectivity index (χ2v) is 13.5. The number of hydrogen-bond acceptors (Lipinski definition) is 11. The van der Waals surface area contributed by atoms with Crippen molar-refractivity contribution in [3.63, 3.8) is 0 Å². The zero-order chi connectivity index (χ0) is 36.2. The molecule has 0 aliphatic carbocycles. The summed E-state index contributed by atoms with van der Waals surface area (Å²) in [4.78, 5) is 54.0. The molecular formula is C30H50N7O11+. The molecule has 2 saturated heterocycles. The van der Waals surface area contributed by atoms with Crippen LogP contribution < -0.4 is 5.11 Å². The van der Waals surface area contributed by atoms with E-state index < -0.39 is 37.6 Å². The molecule has 0 aromatic heterocycles. The Kier molecular flexibility index (Phi) is 14.7. The molecule has 2 heterocycles. The lowest BCUT2D eigenvalue weighted by Crippen LogP contribution is -2.52. The highest BCUT2D eigenvalue weighted by atomic mass is 16.6. The molecule has 0 atom stereocenters. The van der Waals surface area contributed by atoms with Crippen LogP contribution in [0.1, 0.15) is 51.4 Å². The number of benzene rings is 1. The zero-order valence-electron chi connectivity index (χ0n) is 28.8. The van der Waals surface area contributed by atoms with E-state index in [0.717, 1.165) is 60.8 Å². The molecule has 270 valence electrons. The molecule has 0 N–H and O–H groups in total. The minimum absolute atomic E-state index is 0.0797. The van der Waals surface area contributed by atoms with E-state index in [4.69, 9.17) is 9.47 Å². The maximum atomic E-state index is 11.7. The third-order valence-electron chi connectivity index (χ3n) is 9.01. The number of ether oxygens (including phenoxy) is 2. The number of amides is 2. The number of unbranched alkanes of at least 4 members (excludes halogenated alkanes) is 3. The van der Waals surface area contributed by atoms with Gasteiger partial charge in [-0.2, -0.15) is 0 Å². The summed E-state index contributed by atoms with van der Waals surface area (Å²) >= 11 is 0. The summed E-state index contributed by atoms with van der Waals surface area (Å²) in [5.41, 5.74) is -3.26. The molecule has 0 radical (unpaired) electrons. The third kappa shape index (κ3) is 12.4. The Morgan fingerprint density at radius 2 is 1.02 bits per heavy atom. The van der Waals surface area contributed by atoms with Gasteiger partial charge in [0.25, 0.3) is 17.1 Å². The molecule has 0 unspecified atom stereocenters. The topological polar surface area (TPSA) is 212 Å². The summed E-state index contributed by atoms with van der Waals surface area (Å²) in [6.45, 7) is 6.83. The van der Waals surface area contributed by atoms with Gasteiger partial charge in [-0.25, -0.2) is 9.59 Å². The van der Waals surface area contributed by atoms with E-state index in [1.54, 1.807) is 28.2 Å². The fourth-order valence-corrected chi connectivity index (χ4v) is 5.82. The molecular weight excluding hydrogens is 634 g/mol. The first-order valence-corrected chi connectivity index (χ1v) is 16.1. The molecule has 48 heavy (non-hydrogen) atoms. The maximum absolute atomic E-state index is 11.7. The van der Waals surface area contributed by atoms with Gasteiger partial charge in [0.15, 0.2) is 0 Å². The molecule has 0 spiro atoms. The second kappa shape index (κ2) is 17.7. The number of nitrogens with zero attached hydrogens (tertiary/aromatic N) is 7. The molecule has 18 heteroatoms. The standard InChI is InChI=1S/C24H48N4O4.C6H3N3O7/c1-25(2)23(29)31-21-11-17-27(5,18-12-21)15-9-7-8-10-16-28(6)19-13-22(14-20-28)32-24(30)26(3)4;10-6-4(8(13)14)1-3(7(11)12)2-5(6)9(15)16/h21-22H,7-20H2,1-6H3;1-2,10H/q+2;/p-1. The van der Waals surface area contributed by atoms with Crippen LogP contribution in [0.15, 0.2) is 12.1 Å². The number of nitro groups is 3. The van der Waals surface area contributed by atoms with E-state index in [2.05, 4.69) is 14.1 Å². The lowest BCUT2D eigenvalue weighted by molar-refractivity contribution is -0.915. The Bertz CT molecular complexity index is 1200. The fraction of sp³-hybridized carbons (Fsp3) is 0.733. The molecule has 1 aromatic rings. The number of rotatable bonds is 12. The third-order valence-corrected chi connectivity index (χ3v) is 9.01. The Balaban J connectivity index is 0.000000419. The van der Waals surface area contributed by atoms with Crippen LogP contribution in [0.4, 0.5) is 26.7 Å². The number of likely N-dealkylation sites (tertiary alicyclic amines) is 2. The minimum Gasteiger partial charge on any atom is -0.863 e. The Hall–Kier alpha value is -4.32. The zero-order valence-corrected chi connectivity index (χ0v) is 28.8. The number of carbonyl (C=O) groups is 2.